The second kappa shape index (κ2) is 10.6. The van der Waals surface area contributed by atoms with Gasteiger partial charge >= 0.3 is 0 Å². The van der Waals surface area contributed by atoms with Crippen LogP contribution in [-0.2, 0) is 0 Å². The van der Waals surface area contributed by atoms with Crippen molar-refractivity contribution in [3.05, 3.63) is 35.8 Å². The van der Waals surface area contributed by atoms with Crippen molar-refractivity contribution in [3.8, 4) is 11.8 Å². The van der Waals surface area contributed by atoms with Gasteiger partial charge < -0.3 is 20.6 Å². The second-order valence-corrected chi connectivity index (χ2v) is 12.5. The highest BCUT2D eigenvalue weighted by molar-refractivity contribution is 5.65. The SMILES string of the molecule is Nc1nnc(C2CCCCC2)cc1N1CC2CCC(C1)N2c1ccnc(C#CCN2CC3CC(CO)CC32)c1. The van der Waals surface area contributed by atoms with E-state index in [2.05, 4.69) is 59.9 Å². The topological polar surface area (TPSA) is 94.6 Å². The molecule has 2 aromatic heterocycles. The Morgan fingerprint density at radius 1 is 0.974 bits per heavy atom. The third-order valence-electron chi connectivity index (χ3n) is 10.2. The largest absolute Gasteiger partial charge is 0.396 e. The summed E-state index contributed by atoms with van der Waals surface area (Å²) in [6, 6.07) is 8.06. The van der Waals surface area contributed by atoms with Gasteiger partial charge in [0.15, 0.2) is 5.82 Å². The summed E-state index contributed by atoms with van der Waals surface area (Å²) in [7, 11) is 0. The van der Waals surface area contributed by atoms with E-state index in [9.17, 15) is 5.11 Å². The van der Waals surface area contributed by atoms with Gasteiger partial charge in [0, 0.05) is 62.2 Å². The molecule has 206 valence electrons. The van der Waals surface area contributed by atoms with Crippen molar-refractivity contribution in [2.24, 2.45) is 11.8 Å². The first kappa shape index (κ1) is 25.1. The van der Waals surface area contributed by atoms with E-state index in [1.807, 2.05) is 6.20 Å². The number of rotatable bonds is 5. The molecule has 0 spiro atoms. The monoisotopic (exact) mass is 527 g/mol. The van der Waals surface area contributed by atoms with Crippen molar-refractivity contribution in [3.63, 3.8) is 0 Å². The van der Waals surface area contributed by atoms with E-state index in [1.165, 1.54) is 57.1 Å². The van der Waals surface area contributed by atoms with E-state index in [4.69, 9.17) is 5.73 Å². The first-order valence-electron chi connectivity index (χ1n) is 15.1. The molecule has 3 N–H and O–H groups in total. The van der Waals surface area contributed by atoms with Gasteiger partial charge in [0.25, 0.3) is 0 Å². The Bertz CT molecular complexity index is 1240. The van der Waals surface area contributed by atoms with Crippen molar-refractivity contribution in [1.82, 2.24) is 20.1 Å². The Morgan fingerprint density at radius 2 is 1.79 bits per heavy atom. The number of aliphatic hydroxyl groups is 1. The van der Waals surface area contributed by atoms with Gasteiger partial charge in [-0.3, -0.25) is 4.90 Å². The highest BCUT2D eigenvalue weighted by Crippen LogP contribution is 2.42. The predicted octanol–water partition coefficient (Wildman–Crippen LogP) is 3.41. The lowest BCUT2D eigenvalue weighted by Crippen LogP contribution is -2.54. The highest BCUT2D eigenvalue weighted by Gasteiger charge is 2.45. The van der Waals surface area contributed by atoms with E-state index in [1.54, 1.807) is 0 Å². The Hall–Kier alpha value is -2.89. The maximum atomic E-state index is 9.49. The fourth-order valence-electron chi connectivity index (χ4n) is 8.15. The zero-order valence-corrected chi connectivity index (χ0v) is 22.9. The molecule has 5 aliphatic rings. The van der Waals surface area contributed by atoms with Crippen molar-refractivity contribution in [2.75, 3.05) is 48.3 Å². The van der Waals surface area contributed by atoms with Crippen molar-refractivity contribution < 1.29 is 5.11 Å². The average Bonchev–Trinajstić information content (AvgIpc) is 3.44. The summed E-state index contributed by atoms with van der Waals surface area (Å²) in [6.07, 6.45) is 12.9. The number of hydrogen-bond acceptors (Lipinski definition) is 8. The average molecular weight is 528 g/mol. The van der Waals surface area contributed by atoms with Crippen LogP contribution in [0.2, 0.25) is 0 Å². The summed E-state index contributed by atoms with van der Waals surface area (Å²) >= 11 is 0. The maximum Gasteiger partial charge on any atom is 0.169 e. The standard InChI is InChI=1S/C31H41N7O/c32-31-30(16-28(34-35-31)22-5-2-1-3-6-22)37-18-26-8-9-27(19-37)38(26)25-10-11-33-24(15-25)7-4-12-36-17-23-13-21(20-39)14-29(23)36/h10-11,15-16,21-23,26-27,29,39H,1-3,5-6,8-9,12-14,17-20H2,(H2,32,35). The Morgan fingerprint density at radius 3 is 2.59 bits per heavy atom. The van der Waals surface area contributed by atoms with Gasteiger partial charge in [0.05, 0.1) is 17.9 Å². The van der Waals surface area contributed by atoms with Gasteiger partial charge in [-0.05, 0) is 74.5 Å². The number of fused-ring (bicyclic) bond motifs is 3. The number of nitrogen functional groups attached to an aromatic ring is 1. The molecule has 3 aliphatic heterocycles. The molecule has 2 bridgehead atoms. The number of piperazine rings is 1. The number of aromatic nitrogens is 3. The molecular formula is C31H41N7O. The van der Waals surface area contributed by atoms with Gasteiger partial charge in [-0.25, -0.2) is 4.98 Å². The number of anilines is 3. The van der Waals surface area contributed by atoms with Crippen LogP contribution in [0.4, 0.5) is 17.2 Å². The highest BCUT2D eigenvalue weighted by atomic mass is 16.3. The molecule has 0 amide bonds. The number of nitrogens with two attached hydrogens (primary N) is 1. The predicted molar refractivity (Wildman–Crippen MR) is 154 cm³/mol. The molecule has 7 rings (SSSR count). The van der Waals surface area contributed by atoms with Crippen LogP contribution in [0.5, 0.6) is 0 Å². The summed E-state index contributed by atoms with van der Waals surface area (Å²) in [5.41, 5.74) is 10.7. The van der Waals surface area contributed by atoms with Crippen LogP contribution in [0.25, 0.3) is 0 Å². The summed E-state index contributed by atoms with van der Waals surface area (Å²) in [6.45, 7) is 4.14. The van der Waals surface area contributed by atoms with E-state index < -0.39 is 0 Å². The normalized spacial score (nSPS) is 30.5. The number of nitrogens with zero attached hydrogens (tertiary/aromatic N) is 6. The third kappa shape index (κ3) is 4.85. The third-order valence-corrected chi connectivity index (χ3v) is 10.2. The van der Waals surface area contributed by atoms with Gasteiger partial charge in [-0.15, -0.1) is 5.10 Å². The first-order valence-corrected chi connectivity index (χ1v) is 15.1. The van der Waals surface area contributed by atoms with Crippen LogP contribution >= 0.6 is 0 Å². The Kier molecular flexibility index (Phi) is 6.82. The van der Waals surface area contributed by atoms with E-state index in [-0.39, 0.29) is 0 Å². The molecule has 2 saturated carbocycles. The summed E-state index contributed by atoms with van der Waals surface area (Å²) in [5, 5.41) is 18.4. The molecular weight excluding hydrogens is 486 g/mol. The minimum Gasteiger partial charge on any atom is -0.396 e. The van der Waals surface area contributed by atoms with Crippen LogP contribution in [0, 0.1) is 23.7 Å². The van der Waals surface area contributed by atoms with Crippen LogP contribution in [0.3, 0.4) is 0 Å². The number of likely N-dealkylation sites (tertiary alicyclic amines) is 1. The zero-order valence-electron chi connectivity index (χ0n) is 22.9. The van der Waals surface area contributed by atoms with Crippen molar-refractivity contribution in [2.45, 2.75) is 81.8 Å². The molecule has 5 heterocycles. The molecule has 5 unspecified atom stereocenters. The zero-order chi connectivity index (χ0) is 26.3. The minimum atomic E-state index is 0.327. The smallest absolute Gasteiger partial charge is 0.169 e. The first-order chi connectivity index (χ1) is 19.2. The lowest BCUT2D eigenvalue weighted by Gasteiger charge is -2.43. The van der Waals surface area contributed by atoms with E-state index >= 15 is 0 Å². The van der Waals surface area contributed by atoms with Crippen LogP contribution < -0.4 is 15.5 Å². The maximum absolute atomic E-state index is 9.49. The van der Waals surface area contributed by atoms with Crippen LogP contribution in [0.1, 0.15) is 75.1 Å². The molecule has 8 nitrogen and oxygen atoms in total. The molecule has 3 saturated heterocycles. The number of pyridine rings is 1. The molecule has 0 aromatic carbocycles. The van der Waals surface area contributed by atoms with Crippen molar-refractivity contribution >= 4 is 17.2 Å². The van der Waals surface area contributed by atoms with Gasteiger partial charge in [-0.1, -0.05) is 25.2 Å². The lowest BCUT2D eigenvalue weighted by molar-refractivity contribution is 0.0532. The minimum absolute atomic E-state index is 0.327. The Balaban J connectivity index is 1.02. The summed E-state index contributed by atoms with van der Waals surface area (Å²) < 4.78 is 0. The van der Waals surface area contributed by atoms with Crippen LogP contribution in [-0.4, -0.2) is 76.1 Å². The second-order valence-electron chi connectivity index (χ2n) is 12.5. The molecule has 0 radical (unpaired) electrons. The van der Waals surface area contributed by atoms with Gasteiger partial charge in [0.1, 0.15) is 5.69 Å². The lowest BCUT2D eigenvalue weighted by atomic mass is 9.87. The molecule has 2 aromatic rings. The fraction of sp³-hybridized carbons (Fsp3) is 0.645. The van der Waals surface area contributed by atoms with Crippen molar-refractivity contribution in [1.29, 1.82) is 0 Å². The van der Waals surface area contributed by atoms with Crippen LogP contribution in [0.15, 0.2) is 24.4 Å². The van der Waals surface area contributed by atoms with E-state index in [0.29, 0.717) is 42.4 Å². The number of aliphatic hydroxyl groups excluding tert-OH is 1. The quantitative estimate of drug-likeness (QED) is 0.572. The molecule has 2 aliphatic carbocycles. The van der Waals surface area contributed by atoms with Gasteiger partial charge in [0.2, 0.25) is 0 Å². The summed E-state index contributed by atoms with van der Waals surface area (Å²) in [5.74, 6) is 9.05. The van der Waals surface area contributed by atoms with Gasteiger partial charge in [-0.2, -0.15) is 5.10 Å². The number of hydrogen-bond donors (Lipinski definition) is 2. The van der Waals surface area contributed by atoms with E-state index in [0.717, 1.165) is 55.6 Å². The molecule has 5 fully saturated rings. The summed E-state index contributed by atoms with van der Waals surface area (Å²) in [4.78, 5) is 12.1. The molecule has 8 heteroatoms. The molecule has 5 atom stereocenters. The fourth-order valence-corrected chi connectivity index (χ4v) is 8.15. The molecule has 39 heavy (non-hydrogen) atoms. The Labute approximate surface area is 232 Å².